The normalized spacial score (nSPS) is 19.9. The molecule has 3 nitrogen and oxygen atoms in total. The van der Waals surface area contributed by atoms with E-state index in [1.165, 1.54) is 50.8 Å². The third-order valence-electron chi connectivity index (χ3n) is 4.22. The average Bonchev–Trinajstić information content (AvgIpc) is 2.48. The maximum Gasteiger partial charge on any atom is 0.125 e. The van der Waals surface area contributed by atoms with Crippen LogP contribution in [-0.2, 0) is 0 Å². The molecule has 2 heterocycles. The summed E-state index contributed by atoms with van der Waals surface area (Å²) in [6.07, 6.45) is 8.46. The second kappa shape index (κ2) is 8.38. The van der Waals surface area contributed by atoms with Gasteiger partial charge in [0.2, 0.25) is 0 Å². The smallest absolute Gasteiger partial charge is 0.125 e. The van der Waals surface area contributed by atoms with Gasteiger partial charge in [-0.15, -0.1) is 0 Å². The van der Waals surface area contributed by atoms with Crippen LogP contribution in [0.1, 0.15) is 64.5 Å². The van der Waals surface area contributed by atoms with Crippen molar-refractivity contribution in [2.24, 2.45) is 5.92 Å². The first-order chi connectivity index (χ1) is 10.2. The molecule has 3 heteroatoms. The van der Waals surface area contributed by atoms with Gasteiger partial charge in [0.25, 0.3) is 0 Å². The van der Waals surface area contributed by atoms with Gasteiger partial charge in [0, 0.05) is 25.3 Å². The maximum atomic E-state index is 4.60. The van der Waals surface area contributed by atoms with E-state index in [9.17, 15) is 0 Å². The molecule has 2 rings (SSSR count). The molecular weight excluding hydrogens is 258 g/mol. The summed E-state index contributed by atoms with van der Waals surface area (Å²) in [5.41, 5.74) is 1.39. The lowest BCUT2D eigenvalue weighted by molar-refractivity contribution is 0.132. The van der Waals surface area contributed by atoms with Gasteiger partial charge in [0.15, 0.2) is 0 Å². The molecule has 1 saturated heterocycles. The molecule has 0 saturated carbocycles. The molecule has 0 radical (unpaired) electrons. The number of nitrogens with zero attached hydrogens (tertiary/aromatic N) is 2. The number of hydrogen-bond acceptors (Lipinski definition) is 3. The Hall–Kier alpha value is -1.09. The van der Waals surface area contributed by atoms with E-state index in [4.69, 9.17) is 0 Å². The number of likely N-dealkylation sites (tertiary alicyclic amines) is 1. The number of hydrogen-bond donors (Lipinski definition) is 1. The Bertz CT molecular complexity index is 399. The number of piperidine rings is 1. The minimum absolute atomic E-state index is 0.568. The second-order valence-corrected chi connectivity index (χ2v) is 6.66. The standard InChI is InChI=1S/C18H31N3/c1-4-5-11-19-18-10-9-16(13-20-18)17-8-6-7-12-21(17)14-15(2)3/h9-10,13,15,17H,4-8,11-12,14H2,1-3H3,(H,19,20)/t17-/m1/s1. The zero-order valence-corrected chi connectivity index (χ0v) is 13.9. The highest BCUT2D eigenvalue weighted by atomic mass is 15.2. The van der Waals surface area contributed by atoms with Crippen molar-refractivity contribution in [3.05, 3.63) is 23.9 Å². The number of rotatable bonds is 7. The van der Waals surface area contributed by atoms with Gasteiger partial charge in [-0.3, -0.25) is 4.90 Å². The molecule has 1 N–H and O–H groups in total. The first-order valence-electron chi connectivity index (χ1n) is 8.64. The lowest BCUT2D eigenvalue weighted by Gasteiger charge is -2.37. The lowest BCUT2D eigenvalue weighted by atomic mass is 9.95. The summed E-state index contributed by atoms with van der Waals surface area (Å²) in [6, 6.07) is 4.98. The number of pyridine rings is 1. The van der Waals surface area contributed by atoms with E-state index in [1.807, 2.05) is 0 Å². The number of nitrogens with one attached hydrogen (secondary N) is 1. The van der Waals surface area contributed by atoms with Crippen molar-refractivity contribution in [1.29, 1.82) is 0 Å². The fourth-order valence-electron chi connectivity index (χ4n) is 3.16. The van der Waals surface area contributed by atoms with Gasteiger partial charge in [0.05, 0.1) is 0 Å². The van der Waals surface area contributed by atoms with Crippen molar-refractivity contribution in [2.45, 2.75) is 58.9 Å². The van der Waals surface area contributed by atoms with Gasteiger partial charge in [-0.1, -0.05) is 39.7 Å². The lowest BCUT2D eigenvalue weighted by Crippen LogP contribution is -2.36. The van der Waals surface area contributed by atoms with Crippen LogP contribution in [0.15, 0.2) is 18.3 Å². The first kappa shape index (κ1) is 16.3. The third-order valence-corrected chi connectivity index (χ3v) is 4.22. The third kappa shape index (κ3) is 4.99. The zero-order chi connectivity index (χ0) is 15.1. The van der Waals surface area contributed by atoms with Gasteiger partial charge in [0.1, 0.15) is 5.82 Å². The molecule has 1 atom stereocenters. The molecule has 1 aromatic rings. The van der Waals surface area contributed by atoms with E-state index in [-0.39, 0.29) is 0 Å². The van der Waals surface area contributed by atoms with Crippen LogP contribution in [-0.4, -0.2) is 29.5 Å². The predicted molar refractivity (Wildman–Crippen MR) is 90.6 cm³/mol. The Morgan fingerprint density at radius 3 is 2.86 bits per heavy atom. The minimum atomic E-state index is 0.568. The van der Waals surface area contributed by atoms with Crippen molar-refractivity contribution in [1.82, 2.24) is 9.88 Å². The van der Waals surface area contributed by atoms with E-state index in [1.54, 1.807) is 0 Å². The van der Waals surface area contributed by atoms with Crippen LogP contribution >= 0.6 is 0 Å². The van der Waals surface area contributed by atoms with Crippen LogP contribution in [0.3, 0.4) is 0 Å². The molecule has 1 aromatic heterocycles. The molecule has 0 aliphatic carbocycles. The Balaban J connectivity index is 1.98. The molecule has 1 aliphatic rings. The van der Waals surface area contributed by atoms with Crippen molar-refractivity contribution in [3.8, 4) is 0 Å². The molecule has 0 amide bonds. The minimum Gasteiger partial charge on any atom is -0.370 e. The number of unbranched alkanes of at least 4 members (excludes halogenated alkanes) is 1. The monoisotopic (exact) mass is 289 g/mol. The van der Waals surface area contributed by atoms with Crippen LogP contribution in [0.4, 0.5) is 5.82 Å². The van der Waals surface area contributed by atoms with E-state index in [0.29, 0.717) is 6.04 Å². The van der Waals surface area contributed by atoms with Gasteiger partial charge in [-0.2, -0.15) is 0 Å². The molecule has 1 aliphatic heterocycles. The molecule has 0 unspecified atom stereocenters. The van der Waals surface area contributed by atoms with E-state index in [0.717, 1.165) is 18.3 Å². The molecule has 0 spiro atoms. The van der Waals surface area contributed by atoms with Crippen molar-refractivity contribution in [2.75, 3.05) is 25.0 Å². The molecular formula is C18H31N3. The highest BCUT2D eigenvalue weighted by Crippen LogP contribution is 2.31. The van der Waals surface area contributed by atoms with Crippen molar-refractivity contribution < 1.29 is 0 Å². The summed E-state index contributed by atoms with van der Waals surface area (Å²) in [5, 5.41) is 3.39. The average molecular weight is 289 g/mol. The molecule has 1 fully saturated rings. The highest BCUT2D eigenvalue weighted by molar-refractivity contribution is 5.36. The maximum absolute atomic E-state index is 4.60. The molecule has 118 valence electrons. The largest absolute Gasteiger partial charge is 0.370 e. The number of anilines is 1. The van der Waals surface area contributed by atoms with Crippen LogP contribution in [0, 0.1) is 5.92 Å². The quantitative estimate of drug-likeness (QED) is 0.750. The van der Waals surface area contributed by atoms with Gasteiger partial charge in [-0.25, -0.2) is 4.98 Å². The van der Waals surface area contributed by atoms with Gasteiger partial charge in [-0.05, 0) is 43.4 Å². The fraction of sp³-hybridized carbons (Fsp3) is 0.722. The summed E-state index contributed by atoms with van der Waals surface area (Å²) >= 11 is 0. The predicted octanol–water partition coefficient (Wildman–Crippen LogP) is 4.48. The zero-order valence-electron chi connectivity index (χ0n) is 13.9. The molecule has 0 bridgehead atoms. The van der Waals surface area contributed by atoms with Crippen LogP contribution in [0.2, 0.25) is 0 Å². The number of aromatic nitrogens is 1. The van der Waals surface area contributed by atoms with Crippen LogP contribution < -0.4 is 5.32 Å². The van der Waals surface area contributed by atoms with Crippen LogP contribution in [0.5, 0.6) is 0 Å². The summed E-state index contributed by atoms with van der Waals surface area (Å²) in [4.78, 5) is 7.25. The van der Waals surface area contributed by atoms with Gasteiger partial charge >= 0.3 is 0 Å². The summed E-state index contributed by atoms with van der Waals surface area (Å²) in [6.45, 7) is 10.3. The van der Waals surface area contributed by atoms with Crippen molar-refractivity contribution in [3.63, 3.8) is 0 Å². The van der Waals surface area contributed by atoms with E-state index < -0.39 is 0 Å². The Morgan fingerprint density at radius 2 is 2.19 bits per heavy atom. The SMILES string of the molecule is CCCCNc1ccc([C@H]2CCCCN2CC(C)C)cn1. The second-order valence-electron chi connectivity index (χ2n) is 6.66. The Morgan fingerprint density at radius 1 is 1.33 bits per heavy atom. The van der Waals surface area contributed by atoms with Crippen LogP contribution in [0.25, 0.3) is 0 Å². The Labute approximate surface area is 130 Å². The fourth-order valence-corrected chi connectivity index (χ4v) is 3.16. The van der Waals surface area contributed by atoms with E-state index >= 15 is 0 Å². The highest BCUT2D eigenvalue weighted by Gasteiger charge is 2.24. The van der Waals surface area contributed by atoms with E-state index in [2.05, 4.69) is 54.3 Å². The van der Waals surface area contributed by atoms with Gasteiger partial charge < -0.3 is 5.32 Å². The Kier molecular flexibility index (Phi) is 6.50. The topological polar surface area (TPSA) is 28.2 Å². The van der Waals surface area contributed by atoms with Crippen molar-refractivity contribution >= 4 is 5.82 Å². The summed E-state index contributed by atoms with van der Waals surface area (Å²) < 4.78 is 0. The first-order valence-corrected chi connectivity index (χ1v) is 8.64. The summed E-state index contributed by atoms with van der Waals surface area (Å²) in [5.74, 6) is 1.74. The summed E-state index contributed by atoms with van der Waals surface area (Å²) in [7, 11) is 0. The molecule has 21 heavy (non-hydrogen) atoms. The molecule has 0 aromatic carbocycles.